The Kier molecular flexibility index (Phi) is 5.31. The van der Waals surface area contributed by atoms with Gasteiger partial charge >= 0.3 is 0 Å². The van der Waals surface area contributed by atoms with Crippen LogP contribution in [0.4, 0.5) is 5.69 Å². The van der Waals surface area contributed by atoms with Crippen molar-refractivity contribution < 1.29 is 0 Å². The Labute approximate surface area is 135 Å². The molecular weight excluding hydrogens is 389 g/mol. The zero-order chi connectivity index (χ0) is 13.8. The maximum Gasteiger partial charge on any atom is 0.0426 e. The van der Waals surface area contributed by atoms with Crippen LogP contribution >= 0.6 is 43.5 Å². The van der Waals surface area contributed by atoms with Crippen LogP contribution in [-0.2, 0) is 11.9 Å². The molecule has 0 saturated heterocycles. The van der Waals surface area contributed by atoms with Gasteiger partial charge in [-0.15, -0.1) is 0 Å². The molecule has 0 unspecified atom stereocenters. The Morgan fingerprint density at radius 3 is 2.42 bits per heavy atom. The highest BCUT2D eigenvalue weighted by atomic mass is 79.9. The van der Waals surface area contributed by atoms with Crippen LogP contribution in [0.25, 0.3) is 0 Å². The molecule has 0 N–H and O–H groups in total. The van der Waals surface area contributed by atoms with E-state index in [9.17, 15) is 0 Å². The first-order valence-corrected chi connectivity index (χ1v) is 8.19. The predicted octanol–water partition coefficient (Wildman–Crippen LogP) is 5.63. The number of nitrogens with zero attached hydrogens (tertiary/aromatic N) is 1. The van der Waals surface area contributed by atoms with Gasteiger partial charge in [0.2, 0.25) is 0 Å². The summed E-state index contributed by atoms with van der Waals surface area (Å²) in [5.41, 5.74) is 3.67. The third-order valence-electron chi connectivity index (χ3n) is 2.94. The highest BCUT2D eigenvalue weighted by Crippen LogP contribution is 2.27. The second kappa shape index (κ2) is 6.78. The third kappa shape index (κ3) is 3.98. The summed E-state index contributed by atoms with van der Waals surface area (Å²) in [7, 11) is 2.08. The molecule has 0 amide bonds. The van der Waals surface area contributed by atoms with E-state index >= 15 is 0 Å². The quantitative estimate of drug-likeness (QED) is 0.598. The SMILES string of the molecule is CN(Cc1ccc(Br)cc1)c1cc(Cl)ccc1CBr. The van der Waals surface area contributed by atoms with E-state index in [1.165, 1.54) is 11.1 Å². The van der Waals surface area contributed by atoms with Crippen molar-refractivity contribution in [3.8, 4) is 0 Å². The van der Waals surface area contributed by atoms with E-state index in [1.807, 2.05) is 12.1 Å². The normalized spacial score (nSPS) is 10.5. The molecule has 1 nitrogen and oxygen atoms in total. The molecule has 0 aliphatic carbocycles. The molecule has 2 rings (SSSR count). The van der Waals surface area contributed by atoms with Crippen LogP contribution in [0.15, 0.2) is 46.9 Å². The van der Waals surface area contributed by atoms with Crippen LogP contribution in [0.5, 0.6) is 0 Å². The molecule has 0 fully saturated rings. The van der Waals surface area contributed by atoms with Crippen molar-refractivity contribution in [2.45, 2.75) is 11.9 Å². The fraction of sp³-hybridized carbons (Fsp3) is 0.200. The van der Waals surface area contributed by atoms with Crippen molar-refractivity contribution in [3.05, 3.63) is 63.1 Å². The standard InChI is InChI=1S/C15H14Br2ClN/c1-19(10-11-2-5-13(17)6-3-11)15-8-14(18)7-4-12(15)9-16/h2-8H,9-10H2,1H3. The lowest BCUT2D eigenvalue weighted by molar-refractivity contribution is 0.916. The molecule has 0 bridgehead atoms. The maximum atomic E-state index is 6.09. The average molecular weight is 404 g/mol. The molecule has 19 heavy (non-hydrogen) atoms. The van der Waals surface area contributed by atoms with Crippen molar-refractivity contribution in [2.24, 2.45) is 0 Å². The molecule has 0 spiro atoms. The molecule has 100 valence electrons. The van der Waals surface area contributed by atoms with Crippen LogP contribution < -0.4 is 4.90 Å². The number of alkyl halides is 1. The van der Waals surface area contributed by atoms with Crippen LogP contribution in [0.1, 0.15) is 11.1 Å². The van der Waals surface area contributed by atoms with E-state index in [1.54, 1.807) is 0 Å². The van der Waals surface area contributed by atoms with Crippen molar-refractivity contribution in [3.63, 3.8) is 0 Å². The van der Waals surface area contributed by atoms with Crippen molar-refractivity contribution in [1.29, 1.82) is 0 Å². The number of hydrogen-bond acceptors (Lipinski definition) is 1. The van der Waals surface area contributed by atoms with Crippen LogP contribution in [-0.4, -0.2) is 7.05 Å². The molecule has 0 saturated carbocycles. The Balaban J connectivity index is 2.21. The van der Waals surface area contributed by atoms with Gasteiger partial charge in [-0.3, -0.25) is 0 Å². The van der Waals surface area contributed by atoms with Gasteiger partial charge in [-0.05, 0) is 35.4 Å². The summed E-state index contributed by atoms with van der Waals surface area (Å²) < 4.78 is 1.10. The van der Waals surface area contributed by atoms with Crippen molar-refractivity contribution in [2.75, 3.05) is 11.9 Å². The summed E-state index contributed by atoms with van der Waals surface area (Å²) in [5, 5.41) is 1.59. The first-order chi connectivity index (χ1) is 9.10. The Hall–Kier alpha value is -0.510. The minimum Gasteiger partial charge on any atom is -0.370 e. The van der Waals surface area contributed by atoms with E-state index in [-0.39, 0.29) is 0 Å². The lowest BCUT2D eigenvalue weighted by atomic mass is 10.1. The van der Waals surface area contributed by atoms with E-state index in [0.29, 0.717) is 0 Å². The Morgan fingerprint density at radius 1 is 1.11 bits per heavy atom. The summed E-state index contributed by atoms with van der Waals surface area (Å²) in [5.74, 6) is 0. The molecule has 4 heteroatoms. The molecule has 0 aliphatic heterocycles. The predicted molar refractivity (Wildman–Crippen MR) is 90.3 cm³/mol. The third-order valence-corrected chi connectivity index (χ3v) is 4.30. The number of halogens is 3. The molecule has 0 aliphatic rings. The lowest BCUT2D eigenvalue weighted by Crippen LogP contribution is -2.17. The zero-order valence-corrected chi connectivity index (χ0v) is 14.5. The number of hydrogen-bond donors (Lipinski definition) is 0. The lowest BCUT2D eigenvalue weighted by Gasteiger charge is -2.22. The molecule has 0 atom stereocenters. The number of benzene rings is 2. The monoisotopic (exact) mass is 401 g/mol. The summed E-state index contributed by atoms with van der Waals surface area (Å²) in [6.07, 6.45) is 0. The van der Waals surface area contributed by atoms with Gasteiger partial charge in [-0.2, -0.15) is 0 Å². The molecule has 2 aromatic carbocycles. The van der Waals surface area contributed by atoms with Crippen LogP contribution in [0, 0.1) is 0 Å². The van der Waals surface area contributed by atoms with E-state index in [2.05, 4.69) is 74.1 Å². The van der Waals surface area contributed by atoms with Gasteiger partial charge in [0.05, 0.1) is 0 Å². The Morgan fingerprint density at radius 2 is 1.79 bits per heavy atom. The molecule has 0 aromatic heterocycles. The summed E-state index contributed by atoms with van der Waals surface area (Å²) in [6.45, 7) is 0.855. The summed E-state index contributed by atoms with van der Waals surface area (Å²) in [6, 6.07) is 14.4. The van der Waals surface area contributed by atoms with E-state index in [0.717, 1.165) is 27.1 Å². The fourth-order valence-electron chi connectivity index (χ4n) is 1.95. The van der Waals surface area contributed by atoms with Crippen LogP contribution in [0.2, 0.25) is 5.02 Å². The zero-order valence-electron chi connectivity index (χ0n) is 10.5. The highest BCUT2D eigenvalue weighted by molar-refractivity contribution is 9.10. The first kappa shape index (κ1) is 14.9. The summed E-state index contributed by atoms with van der Waals surface area (Å²) >= 11 is 13.1. The van der Waals surface area contributed by atoms with Crippen molar-refractivity contribution >= 4 is 49.1 Å². The number of anilines is 1. The molecule has 0 radical (unpaired) electrons. The van der Waals surface area contributed by atoms with E-state index in [4.69, 9.17) is 11.6 Å². The minimum absolute atomic E-state index is 0.766. The minimum atomic E-state index is 0.766. The van der Waals surface area contributed by atoms with Gasteiger partial charge in [-0.25, -0.2) is 0 Å². The summed E-state index contributed by atoms with van der Waals surface area (Å²) in [4.78, 5) is 2.21. The van der Waals surface area contributed by atoms with Gasteiger partial charge in [0.15, 0.2) is 0 Å². The Bertz CT molecular complexity index is 555. The maximum absolute atomic E-state index is 6.09. The largest absolute Gasteiger partial charge is 0.370 e. The second-order valence-corrected chi connectivity index (χ2v) is 6.30. The second-order valence-electron chi connectivity index (χ2n) is 4.39. The topological polar surface area (TPSA) is 3.24 Å². The van der Waals surface area contributed by atoms with Crippen molar-refractivity contribution in [1.82, 2.24) is 0 Å². The van der Waals surface area contributed by atoms with Gasteiger partial charge in [0.1, 0.15) is 0 Å². The van der Waals surface area contributed by atoms with Gasteiger partial charge in [-0.1, -0.05) is 61.7 Å². The molecule has 2 aromatic rings. The first-order valence-electron chi connectivity index (χ1n) is 5.90. The van der Waals surface area contributed by atoms with Gasteiger partial charge in [0.25, 0.3) is 0 Å². The van der Waals surface area contributed by atoms with Gasteiger partial charge < -0.3 is 4.90 Å². The average Bonchev–Trinajstić information content (AvgIpc) is 2.41. The van der Waals surface area contributed by atoms with Gasteiger partial charge in [0, 0.05) is 34.1 Å². The van der Waals surface area contributed by atoms with Crippen LogP contribution in [0.3, 0.4) is 0 Å². The molecule has 0 heterocycles. The van der Waals surface area contributed by atoms with E-state index < -0.39 is 0 Å². The molecular formula is C15H14Br2ClN. The highest BCUT2D eigenvalue weighted by Gasteiger charge is 2.08. The number of rotatable bonds is 4. The smallest absolute Gasteiger partial charge is 0.0426 e. The fourth-order valence-corrected chi connectivity index (χ4v) is 2.86.